The van der Waals surface area contributed by atoms with E-state index in [2.05, 4.69) is 93.1 Å². The van der Waals surface area contributed by atoms with Crippen LogP contribution in [0.5, 0.6) is 5.75 Å². The lowest BCUT2D eigenvalue weighted by Crippen LogP contribution is -2.62. The van der Waals surface area contributed by atoms with Gasteiger partial charge < -0.3 is 9.84 Å². The van der Waals surface area contributed by atoms with Crippen molar-refractivity contribution < 1.29 is 4.52 Å². The van der Waals surface area contributed by atoms with Crippen LogP contribution in [-0.2, 0) is 0 Å². The van der Waals surface area contributed by atoms with Gasteiger partial charge in [0, 0.05) is 34.5 Å². The molecule has 2 aliphatic rings. The SMILES string of the molecule is CCCCCCCCCCCCN(C1CC(C)(C)NC(C)(C)C1)P1Oc2ccccc2-c2ccccc21. The number of hydrogen-bond acceptors (Lipinski definition) is 3. The van der Waals surface area contributed by atoms with E-state index in [1.54, 1.807) is 0 Å². The Morgan fingerprint density at radius 1 is 0.757 bits per heavy atom. The van der Waals surface area contributed by atoms with Crippen molar-refractivity contribution in [1.29, 1.82) is 0 Å². The normalized spacial score (nSPS) is 20.3. The minimum Gasteiger partial charge on any atom is -0.453 e. The largest absolute Gasteiger partial charge is 0.453 e. The highest BCUT2D eigenvalue weighted by Gasteiger charge is 2.43. The van der Waals surface area contributed by atoms with E-state index >= 15 is 0 Å². The molecule has 1 N–H and O–H groups in total. The van der Waals surface area contributed by atoms with Gasteiger partial charge in [0.2, 0.25) is 0 Å². The molecule has 1 unspecified atom stereocenters. The van der Waals surface area contributed by atoms with Crippen LogP contribution < -0.4 is 15.1 Å². The lowest BCUT2D eigenvalue weighted by Gasteiger charge is -2.51. The summed E-state index contributed by atoms with van der Waals surface area (Å²) in [5.41, 5.74) is 2.83. The van der Waals surface area contributed by atoms with Crippen molar-refractivity contribution in [2.45, 2.75) is 129 Å². The zero-order chi connectivity index (χ0) is 26.3. The molecule has 0 aliphatic carbocycles. The van der Waals surface area contributed by atoms with Gasteiger partial charge in [0.15, 0.2) is 8.30 Å². The van der Waals surface area contributed by atoms with E-state index in [-0.39, 0.29) is 11.1 Å². The van der Waals surface area contributed by atoms with Gasteiger partial charge >= 0.3 is 0 Å². The van der Waals surface area contributed by atoms with Crippen LogP contribution in [0.25, 0.3) is 11.1 Å². The molecule has 1 atom stereocenters. The first kappa shape index (κ1) is 28.6. The van der Waals surface area contributed by atoms with Gasteiger partial charge in [-0.25, -0.2) is 4.67 Å². The Morgan fingerprint density at radius 3 is 1.95 bits per heavy atom. The van der Waals surface area contributed by atoms with Crippen LogP contribution in [0.3, 0.4) is 0 Å². The highest BCUT2D eigenvalue weighted by atomic mass is 31.2. The summed E-state index contributed by atoms with van der Waals surface area (Å²) >= 11 is 0. The number of nitrogens with one attached hydrogen (secondary N) is 1. The maximum Gasteiger partial charge on any atom is 0.197 e. The van der Waals surface area contributed by atoms with Gasteiger partial charge in [-0.2, -0.15) is 0 Å². The van der Waals surface area contributed by atoms with Gasteiger partial charge in [-0.1, -0.05) is 101 Å². The Morgan fingerprint density at radius 2 is 1.30 bits per heavy atom. The third-order valence-electron chi connectivity index (χ3n) is 8.04. The zero-order valence-corrected chi connectivity index (χ0v) is 25.1. The van der Waals surface area contributed by atoms with E-state index in [0.717, 1.165) is 25.1 Å². The van der Waals surface area contributed by atoms with E-state index in [4.69, 9.17) is 4.52 Å². The molecule has 0 amide bonds. The zero-order valence-electron chi connectivity index (χ0n) is 24.2. The predicted molar refractivity (Wildman–Crippen MR) is 162 cm³/mol. The van der Waals surface area contributed by atoms with Crippen LogP contribution >= 0.6 is 8.30 Å². The molecule has 2 aromatic rings. The van der Waals surface area contributed by atoms with E-state index in [1.165, 1.54) is 80.6 Å². The number of para-hydroxylation sites is 1. The van der Waals surface area contributed by atoms with Gasteiger partial charge in [0.1, 0.15) is 5.75 Å². The number of unbranched alkanes of at least 4 members (excludes halogenated alkanes) is 9. The number of hydrogen-bond donors (Lipinski definition) is 1. The molecule has 4 rings (SSSR count). The molecule has 0 saturated carbocycles. The topological polar surface area (TPSA) is 24.5 Å². The molecule has 2 aromatic carbocycles. The van der Waals surface area contributed by atoms with Crippen molar-refractivity contribution in [3.05, 3.63) is 48.5 Å². The third-order valence-corrected chi connectivity index (χ3v) is 10.2. The molecule has 2 aliphatic heterocycles. The molecular weight excluding hydrogens is 471 g/mol. The molecule has 4 heteroatoms. The minimum absolute atomic E-state index is 0.116. The number of fused-ring (bicyclic) bond motifs is 3. The molecule has 2 heterocycles. The van der Waals surface area contributed by atoms with Crippen LogP contribution in [0.2, 0.25) is 0 Å². The summed E-state index contributed by atoms with van der Waals surface area (Å²) in [6, 6.07) is 18.1. The average molecular weight is 523 g/mol. The van der Waals surface area contributed by atoms with Crippen LogP contribution in [0.4, 0.5) is 0 Å². The van der Waals surface area contributed by atoms with Gasteiger partial charge in [0.05, 0.1) is 0 Å². The number of rotatable bonds is 13. The van der Waals surface area contributed by atoms with Crippen molar-refractivity contribution in [3.63, 3.8) is 0 Å². The molecule has 0 aromatic heterocycles. The molecule has 0 radical (unpaired) electrons. The van der Waals surface area contributed by atoms with Gasteiger partial charge in [-0.3, -0.25) is 0 Å². The highest BCUT2D eigenvalue weighted by Crippen LogP contribution is 2.53. The van der Waals surface area contributed by atoms with Crippen molar-refractivity contribution in [1.82, 2.24) is 9.99 Å². The van der Waals surface area contributed by atoms with E-state index < -0.39 is 8.30 Å². The van der Waals surface area contributed by atoms with Crippen LogP contribution in [0.15, 0.2) is 48.5 Å². The molecule has 204 valence electrons. The fraction of sp³-hybridized carbons (Fsp3) is 0.636. The highest BCUT2D eigenvalue weighted by molar-refractivity contribution is 7.59. The van der Waals surface area contributed by atoms with Crippen molar-refractivity contribution in [3.8, 4) is 16.9 Å². The first-order valence-electron chi connectivity index (χ1n) is 15.0. The fourth-order valence-electron chi connectivity index (χ4n) is 6.63. The quantitative estimate of drug-likeness (QED) is 0.210. The van der Waals surface area contributed by atoms with Crippen molar-refractivity contribution in [2.75, 3.05) is 6.54 Å². The van der Waals surface area contributed by atoms with Crippen LogP contribution in [0, 0.1) is 0 Å². The second kappa shape index (κ2) is 13.1. The fourth-order valence-corrected chi connectivity index (χ4v) is 8.86. The Kier molecular flexibility index (Phi) is 10.1. The monoisotopic (exact) mass is 522 g/mol. The second-order valence-electron chi connectivity index (χ2n) is 12.7. The lowest BCUT2D eigenvalue weighted by atomic mass is 9.79. The molecule has 3 nitrogen and oxygen atoms in total. The summed E-state index contributed by atoms with van der Waals surface area (Å²) in [5.74, 6) is 1.05. The van der Waals surface area contributed by atoms with Crippen molar-refractivity contribution in [2.24, 2.45) is 0 Å². The van der Waals surface area contributed by atoms with Gasteiger partial charge in [0.25, 0.3) is 0 Å². The Labute approximate surface area is 228 Å². The first-order chi connectivity index (χ1) is 17.8. The van der Waals surface area contributed by atoms with Crippen LogP contribution in [-0.4, -0.2) is 28.3 Å². The van der Waals surface area contributed by atoms with Gasteiger partial charge in [-0.15, -0.1) is 0 Å². The lowest BCUT2D eigenvalue weighted by molar-refractivity contribution is 0.107. The Bertz CT molecular complexity index is 972. The summed E-state index contributed by atoms with van der Waals surface area (Å²) in [4.78, 5) is 0. The predicted octanol–water partition coefficient (Wildman–Crippen LogP) is 9.22. The summed E-state index contributed by atoms with van der Waals surface area (Å²) in [7, 11) is -0.874. The smallest absolute Gasteiger partial charge is 0.197 e. The third kappa shape index (κ3) is 7.81. The molecule has 1 fully saturated rings. The molecular formula is C33H51N2OP. The Hall–Kier alpha value is -1.41. The standard InChI is InChI=1S/C33H51N2OP/c1-6-7-8-9-10-11-12-13-14-19-24-35(27-25-32(2,3)34-33(4,5)26-27)37-31-23-18-16-21-29(31)28-20-15-17-22-30(28)36-37/h15-18,20-23,27,34H,6-14,19,24-26H2,1-5H3. The average Bonchev–Trinajstić information content (AvgIpc) is 2.85. The van der Waals surface area contributed by atoms with Crippen molar-refractivity contribution >= 4 is 13.6 Å². The van der Waals surface area contributed by atoms with Crippen LogP contribution in [0.1, 0.15) is 112 Å². The number of piperidine rings is 1. The first-order valence-corrected chi connectivity index (χ1v) is 16.2. The molecule has 0 bridgehead atoms. The van der Waals surface area contributed by atoms with E-state index in [0.29, 0.717) is 6.04 Å². The molecule has 0 spiro atoms. The minimum atomic E-state index is -0.874. The second-order valence-corrected chi connectivity index (χ2v) is 14.4. The van der Waals surface area contributed by atoms with Gasteiger partial charge in [-0.05, 0) is 64.7 Å². The summed E-state index contributed by atoms with van der Waals surface area (Å²) in [5, 5.41) is 5.29. The number of benzene rings is 2. The summed E-state index contributed by atoms with van der Waals surface area (Å²) in [6.07, 6.45) is 16.0. The maximum atomic E-state index is 6.92. The summed E-state index contributed by atoms with van der Waals surface area (Å²) < 4.78 is 9.71. The Balaban J connectivity index is 1.47. The molecule has 1 saturated heterocycles. The maximum absolute atomic E-state index is 6.92. The van der Waals surface area contributed by atoms with E-state index in [1.807, 2.05) is 0 Å². The summed E-state index contributed by atoms with van der Waals surface area (Å²) in [6.45, 7) is 12.9. The van der Waals surface area contributed by atoms with E-state index in [9.17, 15) is 0 Å². The number of nitrogens with zero attached hydrogens (tertiary/aromatic N) is 1. The molecule has 37 heavy (non-hydrogen) atoms.